The lowest BCUT2D eigenvalue weighted by Crippen LogP contribution is -2.06. The fraction of sp³-hybridized carbons (Fsp3) is 0.300. The number of carbonyl (C=O) groups is 1. The first-order valence-electron chi connectivity index (χ1n) is 4.81. The van der Waals surface area contributed by atoms with Crippen LogP contribution in [0, 0.1) is 0 Å². The molecule has 6 heteroatoms. The summed E-state index contributed by atoms with van der Waals surface area (Å²) in [6.45, 7) is 0.266. The standard InChI is InChI=1S/C10H11O5P/c11-9(6-15-16(12)13)7-1-2-10-8(5-7)3-4-14-10/h1-2,5,16H,3-4,6H2,(H,12,13). The van der Waals surface area contributed by atoms with Gasteiger partial charge in [0.15, 0.2) is 5.78 Å². The molecular weight excluding hydrogens is 231 g/mol. The second kappa shape index (κ2) is 4.78. The van der Waals surface area contributed by atoms with E-state index in [9.17, 15) is 9.36 Å². The average Bonchev–Trinajstić information content (AvgIpc) is 2.72. The number of benzene rings is 1. The van der Waals surface area contributed by atoms with Gasteiger partial charge in [-0.15, -0.1) is 0 Å². The molecule has 1 atom stereocenters. The van der Waals surface area contributed by atoms with Crippen molar-refractivity contribution in [2.24, 2.45) is 0 Å². The molecule has 0 spiro atoms. The normalized spacial score (nSPS) is 15.3. The molecule has 0 aliphatic carbocycles. The Bertz CT molecular complexity index is 443. The SMILES string of the molecule is O=C(CO[PH](=O)O)c1ccc2c(c1)CCO2. The maximum Gasteiger partial charge on any atom is 0.317 e. The van der Waals surface area contributed by atoms with Crippen LogP contribution in [0.5, 0.6) is 5.75 Å². The zero-order chi connectivity index (χ0) is 11.5. The van der Waals surface area contributed by atoms with Gasteiger partial charge in [-0.05, 0) is 23.8 Å². The van der Waals surface area contributed by atoms with Crippen LogP contribution in [0.1, 0.15) is 15.9 Å². The van der Waals surface area contributed by atoms with E-state index >= 15 is 0 Å². The van der Waals surface area contributed by atoms with Gasteiger partial charge in [-0.1, -0.05) is 0 Å². The number of carbonyl (C=O) groups excluding carboxylic acids is 1. The highest BCUT2D eigenvalue weighted by atomic mass is 31.1. The first-order valence-corrected chi connectivity index (χ1v) is 6.08. The van der Waals surface area contributed by atoms with Crippen LogP contribution in [0.2, 0.25) is 0 Å². The van der Waals surface area contributed by atoms with Crippen LogP contribution < -0.4 is 4.74 Å². The van der Waals surface area contributed by atoms with Crippen LogP contribution in [0.15, 0.2) is 18.2 Å². The third kappa shape index (κ3) is 2.50. The van der Waals surface area contributed by atoms with Gasteiger partial charge in [-0.2, -0.15) is 0 Å². The fourth-order valence-electron chi connectivity index (χ4n) is 1.57. The number of fused-ring (bicyclic) bond motifs is 1. The van der Waals surface area contributed by atoms with Gasteiger partial charge >= 0.3 is 8.25 Å². The smallest absolute Gasteiger partial charge is 0.317 e. The Kier molecular flexibility index (Phi) is 3.39. The maximum atomic E-state index is 11.5. The van der Waals surface area contributed by atoms with Gasteiger partial charge in [0.1, 0.15) is 12.4 Å². The second-order valence-corrected chi connectivity index (χ2v) is 4.22. The van der Waals surface area contributed by atoms with Gasteiger partial charge in [0.2, 0.25) is 0 Å². The van der Waals surface area contributed by atoms with Crippen molar-refractivity contribution < 1.29 is 23.5 Å². The molecule has 5 nitrogen and oxygen atoms in total. The molecule has 1 unspecified atom stereocenters. The first-order chi connectivity index (χ1) is 7.66. The number of hydrogen-bond acceptors (Lipinski definition) is 4. The van der Waals surface area contributed by atoms with Crippen molar-refractivity contribution in [2.75, 3.05) is 13.2 Å². The first kappa shape index (κ1) is 11.3. The van der Waals surface area contributed by atoms with Gasteiger partial charge in [0.05, 0.1) is 6.61 Å². The van der Waals surface area contributed by atoms with Crippen molar-refractivity contribution in [3.63, 3.8) is 0 Å². The molecule has 1 aromatic carbocycles. The number of hydrogen-bond donors (Lipinski definition) is 1. The lowest BCUT2D eigenvalue weighted by atomic mass is 10.1. The fourth-order valence-corrected chi connectivity index (χ4v) is 1.83. The monoisotopic (exact) mass is 242 g/mol. The number of ether oxygens (including phenoxy) is 1. The van der Waals surface area contributed by atoms with Crippen LogP contribution >= 0.6 is 8.25 Å². The molecule has 0 aromatic heterocycles. The zero-order valence-corrected chi connectivity index (χ0v) is 9.43. The van der Waals surface area contributed by atoms with Crippen molar-refractivity contribution in [2.45, 2.75) is 6.42 Å². The van der Waals surface area contributed by atoms with E-state index in [2.05, 4.69) is 4.52 Å². The molecule has 1 N–H and O–H groups in total. The van der Waals surface area contributed by atoms with Crippen molar-refractivity contribution in [1.82, 2.24) is 0 Å². The average molecular weight is 242 g/mol. The van der Waals surface area contributed by atoms with Crippen LogP contribution in [-0.4, -0.2) is 23.9 Å². The predicted octanol–water partition coefficient (Wildman–Crippen LogP) is 1.20. The molecule has 0 amide bonds. The summed E-state index contributed by atoms with van der Waals surface area (Å²) in [7, 11) is -3.04. The third-order valence-electron chi connectivity index (χ3n) is 2.34. The van der Waals surface area contributed by atoms with Crippen molar-refractivity contribution >= 4 is 14.0 Å². The van der Waals surface area contributed by atoms with Gasteiger partial charge in [0.25, 0.3) is 0 Å². The van der Waals surface area contributed by atoms with Gasteiger partial charge in [-0.3, -0.25) is 9.36 Å². The topological polar surface area (TPSA) is 72.8 Å². The molecule has 1 aliphatic rings. The largest absolute Gasteiger partial charge is 0.493 e. The van der Waals surface area contributed by atoms with Crippen molar-refractivity contribution in [3.05, 3.63) is 29.3 Å². The third-order valence-corrected chi connectivity index (χ3v) is 2.73. The number of Topliss-reactive ketones (excluding diaryl/α,β-unsaturated/α-hetero) is 1. The van der Waals surface area contributed by atoms with Gasteiger partial charge < -0.3 is 14.2 Å². The van der Waals surface area contributed by atoms with Crippen LogP contribution in [-0.2, 0) is 15.5 Å². The molecule has 1 aromatic rings. The summed E-state index contributed by atoms with van der Waals surface area (Å²) in [5, 5.41) is 0. The molecule has 0 saturated heterocycles. The highest BCUT2D eigenvalue weighted by Crippen LogP contribution is 2.26. The molecule has 0 fully saturated rings. The summed E-state index contributed by atoms with van der Waals surface area (Å²) in [6.07, 6.45) is 0.786. The highest BCUT2D eigenvalue weighted by Gasteiger charge is 2.15. The maximum absolute atomic E-state index is 11.5. The van der Waals surface area contributed by atoms with E-state index in [1.807, 2.05) is 0 Å². The zero-order valence-electron chi connectivity index (χ0n) is 8.43. The highest BCUT2D eigenvalue weighted by molar-refractivity contribution is 7.32. The molecule has 86 valence electrons. The summed E-state index contributed by atoms with van der Waals surface area (Å²) in [6, 6.07) is 5.10. The van der Waals surface area contributed by atoms with Crippen molar-refractivity contribution in [1.29, 1.82) is 0 Å². The van der Waals surface area contributed by atoms with E-state index in [-0.39, 0.29) is 12.4 Å². The molecule has 1 heterocycles. The van der Waals surface area contributed by atoms with Crippen molar-refractivity contribution in [3.8, 4) is 5.75 Å². The molecule has 1 aliphatic heterocycles. The summed E-state index contributed by atoms with van der Waals surface area (Å²) in [5.41, 5.74) is 1.47. The lowest BCUT2D eigenvalue weighted by molar-refractivity contribution is 0.0917. The van der Waals surface area contributed by atoms with Crippen LogP contribution in [0.3, 0.4) is 0 Å². The molecule has 0 bridgehead atoms. The minimum absolute atomic E-state index is 0.304. The Morgan fingerprint density at radius 3 is 3.12 bits per heavy atom. The molecule has 16 heavy (non-hydrogen) atoms. The van der Waals surface area contributed by atoms with E-state index < -0.39 is 8.25 Å². The van der Waals surface area contributed by atoms with E-state index in [1.165, 1.54) is 0 Å². The Labute approximate surface area is 92.9 Å². The minimum atomic E-state index is -3.04. The van der Waals surface area contributed by atoms with Crippen LogP contribution in [0.25, 0.3) is 0 Å². The van der Waals surface area contributed by atoms with E-state index in [1.54, 1.807) is 18.2 Å². The quantitative estimate of drug-likeness (QED) is 0.634. The minimum Gasteiger partial charge on any atom is -0.493 e. The summed E-state index contributed by atoms with van der Waals surface area (Å²) in [4.78, 5) is 20.0. The molecular formula is C10H11O5P. The molecule has 0 radical (unpaired) electrons. The Morgan fingerprint density at radius 2 is 2.38 bits per heavy atom. The predicted molar refractivity (Wildman–Crippen MR) is 57.1 cm³/mol. The molecule has 2 rings (SSSR count). The second-order valence-electron chi connectivity index (χ2n) is 3.40. The van der Waals surface area contributed by atoms with Crippen LogP contribution in [0.4, 0.5) is 0 Å². The summed E-state index contributed by atoms with van der Waals surface area (Å²) in [5.74, 6) is 0.496. The lowest BCUT2D eigenvalue weighted by Gasteiger charge is -2.03. The molecule has 0 saturated carbocycles. The Balaban J connectivity index is 2.09. The van der Waals surface area contributed by atoms with E-state index in [0.717, 1.165) is 17.7 Å². The summed E-state index contributed by atoms with van der Waals surface area (Å²) >= 11 is 0. The number of ketones is 1. The van der Waals surface area contributed by atoms with Gasteiger partial charge in [0, 0.05) is 12.0 Å². The van der Waals surface area contributed by atoms with E-state index in [0.29, 0.717) is 12.2 Å². The van der Waals surface area contributed by atoms with Gasteiger partial charge in [-0.25, -0.2) is 0 Å². The van der Waals surface area contributed by atoms with E-state index in [4.69, 9.17) is 9.63 Å². The summed E-state index contributed by atoms with van der Waals surface area (Å²) < 4.78 is 20.0. The Morgan fingerprint density at radius 1 is 1.56 bits per heavy atom. The Hall–Kier alpha value is -1.16. The number of rotatable bonds is 4.